The van der Waals surface area contributed by atoms with Gasteiger partial charge in [0.1, 0.15) is 17.6 Å². The summed E-state index contributed by atoms with van der Waals surface area (Å²) in [6.45, 7) is 1.64. The first-order valence-corrected chi connectivity index (χ1v) is 8.77. The Balaban J connectivity index is 1.96. The van der Waals surface area contributed by atoms with Crippen molar-refractivity contribution in [1.82, 2.24) is 20.6 Å². The fourth-order valence-corrected chi connectivity index (χ4v) is 2.96. The van der Waals surface area contributed by atoms with Crippen molar-refractivity contribution in [1.29, 1.82) is 0 Å². The molecule has 30 heavy (non-hydrogen) atoms. The number of fused-ring (bicyclic) bond motifs is 1. The number of alkyl halides is 3. The molecule has 0 aromatic carbocycles. The van der Waals surface area contributed by atoms with Gasteiger partial charge in [0.25, 0.3) is 0 Å². The predicted molar refractivity (Wildman–Crippen MR) is 97.6 cm³/mol. The Morgan fingerprint density at radius 3 is 2.67 bits per heavy atom. The van der Waals surface area contributed by atoms with Crippen LogP contribution < -0.4 is 10.6 Å². The second-order valence-electron chi connectivity index (χ2n) is 7.35. The lowest BCUT2D eigenvalue weighted by Crippen LogP contribution is -2.53. The maximum absolute atomic E-state index is 14.3. The van der Waals surface area contributed by atoms with Crippen molar-refractivity contribution in [2.24, 2.45) is 10.4 Å². The molecule has 0 saturated heterocycles. The van der Waals surface area contributed by atoms with Gasteiger partial charge in [0.2, 0.25) is 0 Å². The average molecular weight is 431 g/mol. The number of rotatable bonds is 5. The van der Waals surface area contributed by atoms with Crippen molar-refractivity contribution < 1.29 is 31.9 Å². The Hall–Kier alpha value is -3.18. The zero-order valence-corrected chi connectivity index (χ0v) is 15.8. The zero-order valence-electron chi connectivity index (χ0n) is 15.8. The molecule has 0 amide bonds. The Morgan fingerprint density at radius 2 is 2.03 bits per heavy atom. The van der Waals surface area contributed by atoms with Crippen LogP contribution >= 0.6 is 0 Å². The molecular weight excluding hydrogens is 413 g/mol. The van der Waals surface area contributed by atoms with E-state index in [0.29, 0.717) is 16.6 Å². The lowest BCUT2D eigenvalue weighted by atomic mass is 9.81. The number of amidine groups is 1. The summed E-state index contributed by atoms with van der Waals surface area (Å²) >= 11 is 0. The van der Waals surface area contributed by atoms with Crippen LogP contribution in [-0.4, -0.2) is 39.1 Å². The van der Waals surface area contributed by atoms with Crippen LogP contribution in [0.1, 0.15) is 32.0 Å². The third kappa shape index (κ3) is 4.07. The summed E-state index contributed by atoms with van der Waals surface area (Å²) in [6, 6.07) is -0.513. The molecule has 0 bridgehead atoms. The number of carbonyl (C=O) groups is 1. The van der Waals surface area contributed by atoms with Crippen LogP contribution in [0.25, 0.3) is 11.0 Å². The molecule has 0 aliphatic carbocycles. The van der Waals surface area contributed by atoms with Crippen LogP contribution in [0.4, 0.5) is 22.0 Å². The average Bonchev–Trinajstić information content (AvgIpc) is 3.04. The molecule has 162 valence electrons. The van der Waals surface area contributed by atoms with E-state index < -0.39 is 53.7 Å². The summed E-state index contributed by atoms with van der Waals surface area (Å²) < 4.78 is 68.2. The highest BCUT2D eigenvalue weighted by Crippen LogP contribution is 2.41. The lowest BCUT2D eigenvalue weighted by molar-refractivity contribution is -0.220. The summed E-state index contributed by atoms with van der Waals surface area (Å²) in [6.07, 6.45) is -3.29. The van der Waals surface area contributed by atoms with E-state index in [1.54, 1.807) is 0 Å². The second kappa shape index (κ2) is 7.58. The van der Waals surface area contributed by atoms with Crippen molar-refractivity contribution >= 4 is 22.8 Å². The number of aromatic amines is 1. The number of nitrogens with one attached hydrogen (secondary N) is 3. The predicted octanol–water partition coefficient (Wildman–Crippen LogP) is 3.53. The fourth-order valence-electron chi connectivity index (χ4n) is 2.96. The SMILES string of the molecule is CC(C)(C(CC(=O)O)NC1=NC(c2c[nH]c3ncc(F)cc23)NC=C1F)C(F)(F)F. The Bertz CT molecular complexity index is 1030. The molecule has 3 heterocycles. The van der Waals surface area contributed by atoms with E-state index in [1.165, 1.54) is 12.3 Å². The standard InChI is InChI=1S/C18H18F5N5O2/c1-17(2,18(21,22)23)12(4-13(29)30)27-16-11(20)7-26-15(28-16)10-6-25-14-9(10)3-8(19)5-24-14/h3,5-7,12,15,26H,4H2,1-2H3,(H,24,25)(H,27,28)(H,29,30). The van der Waals surface area contributed by atoms with Crippen LogP contribution in [0.5, 0.6) is 0 Å². The Morgan fingerprint density at radius 1 is 1.33 bits per heavy atom. The molecule has 7 nitrogen and oxygen atoms in total. The van der Waals surface area contributed by atoms with Gasteiger partial charge in [-0.1, -0.05) is 0 Å². The molecule has 4 N–H and O–H groups in total. The first-order chi connectivity index (χ1) is 13.9. The summed E-state index contributed by atoms with van der Waals surface area (Å²) in [4.78, 5) is 21.8. The second-order valence-corrected chi connectivity index (χ2v) is 7.35. The van der Waals surface area contributed by atoms with Gasteiger partial charge in [0.15, 0.2) is 11.7 Å². The van der Waals surface area contributed by atoms with Gasteiger partial charge in [-0.25, -0.2) is 18.8 Å². The summed E-state index contributed by atoms with van der Waals surface area (Å²) in [5.74, 6) is -3.64. The fraction of sp³-hybridized carbons (Fsp3) is 0.389. The smallest absolute Gasteiger partial charge is 0.395 e. The molecule has 0 radical (unpaired) electrons. The summed E-state index contributed by atoms with van der Waals surface area (Å²) in [7, 11) is 0. The summed E-state index contributed by atoms with van der Waals surface area (Å²) in [5.41, 5.74) is -1.78. The molecule has 0 spiro atoms. The monoisotopic (exact) mass is 431 g/mol. The van der Waals surface area contributed by atoms with Gasteiger partial charge in [-0.3, -0.25) is 4.79 Å². The van der Waals surface area contributed by atoms with E-state index in [4.69, 9.17) is 5.11 Å². The number of hydrogen-bond acceptors (Lipinski definition) is 5. The van der Waals surface area contributed by atoms with E-state index in [2.05, 4.69) is 25.6 Å². The van der Waals surface area contributed by atoms with E-state index >= 15 is 0 Å². The lowest BCUT2D eigenvalue weighted by Gasteiger charge is -2.37. The van der Waals surface area contributed by atoms with Crippen LogP contribution in [0.15, 0.2) is 35.5 Å². The minimum Gasteiger partial charge on any atom is -0.481 e. The third-order valence-electron chi connectivity index (χ3n) is 4.97. The number of aromatic nitrogens is 2. The molecule has 1 aliphatic heterocycles. The number of pyridine rings is 1. The quantitative estimate of drug-likeness (QED) is 0.543. The van der Waals surface area contributed by atoms with Gasteiger partial charge in [-0.2, -0.15) is 13.2 Å². The maximum Gasteiger partial charge on any atom is 0.395 e. The van der Waals surface area contributed by atoms with E-state index in [9.17, 15) is 26.7 Å². The van der Waals surface area contributed by atoms with Crippen molar-refractivity contribution in [3.05, 3.63) is 41.9 Å². The zero-order chi connectivity index (χ0) is 22.3. The van der Waals surface area contributed by atoms with Crippen LogP contribution in [0, 0.1) is 11.2 Å². The van der Waals surface area contributed by atoms with Gasteiger partial charge < -0.3 is 20.7 Å². The maximum atomic E-state index is 14.3. The minimum atomic E-state index is -4.76. The van der Waals surface area contributed by atoms with Gasteiger partial charge in [-0.15, -0.1) is 0 Å². The topological polar surface area (TPSA) is 102 Å². The number of aliphatic imine (C=N–C) groups is 1. The van der Waals surface area contributed by atoms with Gasteiger partial charge >= 0.3 is 12.1 Å². The number of carboxylic acids is 1. The first-order valence-electron chi connectivity index (χ1n) is 8.77. The van der Waals surface area contributed by atoms with Crippen molar-refractivity contribution in [2.75, 3.05) is 0 Å². The molecule has 2 aromatic heterocycles. The number of halogens is 5. The highest BCUT2D eigenvalue weighted by Gasteiger charge is 2.53. The van der Waals surface area contributed by atoms with Crippen molar-refractivity contribution in [3.63, 3.8) is 0 Å². The highest BCUT2D eigenvalue weighted by molar-refractivity contribution is 5.97. The molecule has 3 rings (SSSR count). The molecule has 0 saturated carbocycles. The van der Waals surface area contributed by atoms with Crippen LogP contribution in [0.3, 0.4) is 0 Å². The Kier molecular flexibility index (Phi) is 5.44. The molecule has 2 aromatic rings. The van der Waals surface area contributed by atoms with E-state index in [-0.39, 0.29) is 0 Å². The minimum absolute atomic E-state index is 0.342. The van der Waals surface area contributed by atoms with Gasteiger partial charge in [0, 0.05) is 23.3 Å². The number of hydrogen-bond donors (Lipinski definition) is 4. The van der Waals surface area contributed by atoms with Crippen molar-refractivity contribution in [2.45, 2.75) is 38.7 Å². The number of H-pyrrole nitrogens is 1. The molecule has 12 heteroatoms. The number of carboxylic acid groups (broad SMARTS) is 1. The number of nitrogens with zero attached hydrogens (tertiary/aromatic N) is 2. The van der Waals surface area contributed by atoms with Crippen LogP contribution in [0.2, 0.25) is 0 Å². The third-order valence-corrected chi connectivity index (χ3v) is 4.97. The van der Waals surface area contributed by atoms with Crippen molar-refractivity contribution in [3.8, 4) is 0 Å². The molecule has 0 fully saturated rings. The van der Waals surface area contributed by atoms with E-state index in [0.717, 1.165) is 26.2 Å². The first kappa shape index (κ1) is 21.5. The van der Waals surface area contributed by atoms with E-state index in [1.807, 2.05) is 0 Å². The number of aliphatic carboxylic acids is 1. The summed E-state index contributed by atoms with van der Waals surface area (Å²) in [5, 5.41) is 14.3. The van der Waals surface area contributed by atoms with Crippen LogP contribution in [-0.2, 0) is 4.79 Å². The molecular formula is C18H18F5N5O2. The normalized spacial score (nSPS) is 18.4. The largest absolute Gasteiger partial charge is 0.481 e. The highest BCUT2D eigenvalue weighted by atomic mass is 19.4. The van der Waals surface area contributed by atoms with Gasteiger partial charge in [-0.05, 0) is 19.9 Å². The van der Waals surface area contributed by atoms with Gasteiger partial charge in [0.05, 0.1) is 24.1 Å². The molecule has 2 atom stereocenters. The molecule has 2 unspecified atom stereocenters. The molecule has 1 aliphatic rings. The Labute approximate surface area is 167 Å².